The van der Waals surface area contributed by atoms with Crippen molar-refractivity contribution >= 4 is 35.4 Å². The molecule has 1 rings (SSSR count). The molecule has 0 aliphatic carbocycles. The first-order valence-electron chi connectivity index (χ1n) is 12.8. The second-order valence-electron chi connectivity index (χ2n) is 8.69. The first-order valence-corrected chi connectivity index (χ1v) is 12.8. The van der Waals surface area contributed by atoms with E-state index in [-0.39, 0.29) is 34.6 Å². The topological polar surface area (TPSA) is 58.4 Å². The summed E-state index contributed by atoms with van der Waals surface area (Å²) in [5, 5.41) is 14.5. The van der Waals surface area contributed by atoms with E-state index >= 15 is 0 Å². The number of hydrogen-bond acceptors (Lipinski definition) is 4. The monoisotopic (exact) mass is 561 g/mol. The fraction of sp³-hybridized carbons (Fsp3) is 0.769. The van der Waals surface area contributed by atoms with Crippen LogP contribution in [0.15, 0.2) is 24.3 Å². The van der Waals surface area contributed by atoms with E-state index in [1.165, 1.54) is 77.0 Å². The van der Waals surface area contributed by atoms with E-state index in [9.17, 15) is 10.1 Å². The number of rotatable bonds is 20. The molecule has 1 unspecified atom stereocenters. The van der Waals surface area contributed by atoms with Crippen LogP contribution in [0.25, 0.3) is 0 Å². The van der Waals surface area contributed by atoms with Gasteiger partial charge in [0.05, 0.1) is 4.92 Å². The molecule has 0 bridgehead atoms. The van der Waals surface area contributed by atoms with Crippen LogP contribution in [0.5, 0.6) is 0 Å². The number of anilines is 1. The third-order valence-electron chi connectivity index (χ3n) is 6.36. The van der Waals surface area contributed by atoms with Crippen molar-refractivity contribution in [1.29, 1.82) is 0 Å². The van der Waals surface area contributed by atoms with Crippen molar-refractivity contribution < 1.29 is 4.92 Å². The molecule has 0 aromatic heterocycles. The summed E-state index contributed by atoms with van der Waals surface area (Å²) in [6.07, 6.45) is 17.3. The Morgan fingerprint density at radius 1 is 0.844 bits per heavy atom. The lowest BCUT2D eigenvalue weighted by Gasteiger charge is -2.30. The number of nitrogens with one attached hydrogen (secondary N) is 1. The van der Waals surface area contributed by atoms with Gasteiger partial charge in [0.25, 0.3) is 5.69 Å². The number of halogens is 1. The summed E-state index contributed by atoms with van der Waals surface area (Å²) < 4.78 is 0. The highest BCUT2D eigenvalue weighted by Crippen LogP contribution is 2.23. The first-order chi connectivity index (χ1) is 15.1. The van der Waals surface area contributed by atoms with Gasteiger partial charge in [0.1, 0.15) is 5.69 Å². The van der Waals surface area contributed by atoms with Crippen molar-refractivity contribution in [1.82, 2.24) is 4.90 Å². The zero-order chi connectivity index (χ0) is 22.7. The minimum absolute atomic E-state index is 0. The second-order valence-corrected chi connectivity index (χ2v) is 8.69. The number of nitro groups is 1. The van der Waals surface area contributed by atoms with Gasteiger partial charge in [0.15, 0.2) is 0 Å². The molecule has 0 aliphatic rings. The molecule has 0 aliphatic heterocycles. The Hall–Kier alpha value is -0.890. The van der Waals surface area contributed by atoms with Crippen molar-refractivity contribution in [2.75, 3.05) is 25.0 Å². The molecule has 0 spiro atoms. The molecule has 1 aromatic carbocycles. The van der Waals surface area contributed by atoms with Gasteiger partial charge in [-0.25, -0.2) is 0 Å². The summed E-state index contributed by atoms with van der Waals surface area (Å²) in [7, 11) is 0. The minimum atomic E-state index is -0.310. The SMILES string of the molecule is CCCCCCCCCCCCCC(CCNc1ccccc1[N+](=O)[O-])N(CC)CC.I. The van der Waals surface area contributed by atoms with E-state index in [1.54, 1.807) is 18.2 Å². The van der Waals surface area contributed by atoms with E-state index in [0.717, 1.165) is 26.1 Å². The van der Waals surface area contributed by atoms with E-state index < -0.39 is 0 Å². The van der Waals surface area contributed by atoms with Gasteiger partial charge in [-0.1, -0.05) is 104 Å². The number of hydrogen-bond donors (Lipinski definition) is 1. The predicted molar refractivity (Wildman–Crippen MR) is 149 cm³/mol. The van der Waals surface area contributed by atoms with Gasteiger partial charge >= 0.3 is 0 Å². The quantitative estimate of drug-likeness (QED) is 0.0751. The Morgan fingerprint density at radius 3 is 1.91 bits per heavy atom. The highest BCUT2D eigenvalue weighted by atomic mass is 127. The highest BCUT2D eigenvalue weighted by Gasteiger charge is 2.16. The molecule has 1 atom stereocenters. The van der Waals surface area contributed by atoms with Crippen LogP contribution in [0.1, 0.15) is 104 Å². The Bertz CT molecular complexity index is 582. The molecule has 0 amide bonds. The second kappa shape index (κ2) is 20.7. The average molecular weight is 562 g/mol. The Morgan fingerprint density at radius 2 is 1.38 bits per heavy atom. The maximum Gasteiger partial charge on any atom is 0.292 e. The molecule has 32 heavy (non-hydrogen) atoms. The normalized spacial score (nSPS) is 11.9. The summed E-state index contributed by atoms with van der Waals surface area (Å²) in [5.41, 5.74) is 0.785. The fourth-order valence-corrected chi connectivity index (χ4v) is 4.45. The van der Waals surface area contributed by atoms with Gasteiger partial charge in [-0.05, 0) is 32.0 Å². The van der Waals surface area contributed by atoms with Gasteiger partial charge in [0, 0.05) is 18.7 Å². The third kappa shape index (κ3) is 13.6. The first kappa shape index (κ1) is 31.1. The summed E-state index contributed by atoms with van der Waals surface area (Å²) in [6, 6.07) is 7.48. The molecular weight excluding hydrogens is 513 g/mol. The fourth-order valence-electron chi connectivity index (χ4n) is 4.45. The number of para-hydroxylation sites is 2. The minimum Gasteiger partial charge on any atom is -0.379 e. The maximum absolute atomic E-state index is 11.2. The molecule has 0 radical (unpaired) electrons. The molecule has 186 valence electrons. The van der Waals surface area contributed by atoms with Crippen LogP contribution in [0.4, 0.5) is 11.4 Å². The lowest BCUT2D eigenvalue weighted by Crippen LogP contribution is -2.36. The average Bonchev–Trinajstić information content (AvgIpc) is 2.78. The van der Waals surface area contributed by atoms with Gasteiger partial charge in [-0.2, -0.15) is 0 Å². The molecule has 0 fully saturated rings. The van der Waals surface area contributed by atoms with E-state index in [4.69, 9.17) is 0 Å². The lowest BCUT2D eigenvalue weighted by molar-refractivity contribution is -0.384. The Kier molecular flexibility index (Phi) is 20.1. The zero-order valence-corrected chi connectivity index (χ0v) is 23.1. The molecule has 0 heterocycles. The summed E-state index contributed by atoms with van der Waals surface area (Å²) in [6.45, 7) is 9.62. The molecule has 1 N–H and O–H groups in total. The molecule has 6 heteroatoms. The van der Waals surface area contributed by atoms with E-state index in [2.05, 4.69) is 31.0 Å². The largest absolute Gasteiger partial charge is 0.379 e. The molecular formula is C26H48IN3O2. The van der Waals surface area contributed by atoms with E-state index in [1.807, 2.05) is 6.07 Å². The molecule has 0 saturated carbocycles. The van der Waals surface area contributed by atoms with Crippen molar-refractivity contribution in [2.24, 2.45) is 0 Å². The van der Waals surface area contributed by atoms with Crippen LogP contribution >= 0.6 is 24.0 Å². The van der Waals surface area contributed by atoms with Gasteiger partial charge in [0.2, 0.25) is 0 Å². The summed E-state index contributed by atoms with van der Waals surface area (Å²) in [4.78, 5) is 13.4. The summed E-state index contributed by atoms with van der Waals surface area (Å²) >= 11 is 0. The number of nitrogens with zero attached hydrogens (tertiary/aromatic N) is 2. The zero-order valence-electron chi connectivity index (χ0n) is 20.8. The van der Waals surface area contributed by atoms with Crippen molar-refractivity contribution in [3.63, 3.8) is 0 Å². The maximum atomic E-state index is 11.2. The van der Waals surface area contributed by atoms with Crippen LogP contribution in [-0.2, 0) is 0 Å². The van der Waals surface area contributed by atoms with Crippen LogP contribution in [-0.4, -0.2) is 35.5 Å². The lowest BCUT2D eigenvalue weighted by atomic mass is 10.0. The highest BCUT2D eigenvalue weighted by molar-refractivity contribution is 14.0. The van der Waals surface area contributed by atoms with Gasteiger partial charge in [-0.3, -0.25) is 10.1 Å². The van der Waals surface area contributed by atoms with E-state index in [0.29, 0.717) is 11.7 Å². The molecule has 1 aromatic rings. The predicted octanol–water partition coefficient (Wildman–Crippen LogP) is 8.43. The number of nitro benzene ring substituents is 1. The Labute approximate surface area is 214 Å². The van der Waals surface area contributed by atoms with Gasteiger partial charge < -0.3 is 10.2 Å². The van der Waals surface area contributed by atoms with Crippen molar-refractivity contribution in [3.8, 4) is 0 Å². The van der Waals surface area contributed by atoms with Crippen LogP contribution in [0.3, 0.4) is 0 Å². The van der Waals surface area contributed by atoms with Crippen LogP contribution < -0.4 is 5.32 Å². The smallest absolute Gasteiger partial charge is 0.292 e. The number of unbranched alkanes of at least 4 members (excludes halogenated alkanes) is 10. The van der Waals surface area contributed by atoms with Gasteiger partial charge in [-0.15, -0.1) is 24.0 Å². The Balaban J connectivity index is 0.00000961. The molecule has 5 nitrogen and oxygen atoms in total. The van der Waals surface area contributed by atoms with Crippen molar-refractivity contribution in [3.05, 3.63) is 34.4 Å². The number of benzene rings is 1. The summed E-state index contributed by atoms with van der Waals surface area (Å²) in [5.74, 6) is 0. The van der Waals surface area contributed by atoms with Crippen LogP contribution in [0, 0.1) is 10.1 Å². The van der Waals surface area contributed by atoms with Crippen LogP contribution in [0.2, 0.25) is 0 Å². The third-order valence-corrected chi connectivity index (χ3v) is 6.36. The van der Waals surface area contributed by atoms with Crippen molar-refractivity contribution in [2.45, 2.75) is 110 Å². The standard InChI is InChI=1S/C26H47N3O2.HI/c1-4-7-8-9-10-11-12-13-14-15-16-19-24(28(5-2)6-3)22-23-27-25-20-17-18-21-26(25)29(30)31;/h17-18,20-21,24,27H,4-16,19,22-23H2,1-3H3;1H. The molecule has 0 saturated heterocycles.